The molecule has 1 N–H and O–H groups in total. The quantitative estimate of drug-likeness (QED) is 0.155. The number of thioether (sulfide) groups is 2. The van der Waals surface area contributed by atoms with E-state index < -0.39 is 34.3 Å². The van der Waals surface area contributed by atoms with Crippen LogP contribution >= 0.6 is 23.5 Å². The number of hydrogen-bond acceptors (Lipinski definition) is 10. The molecule has 4 fully saturated rings. The third kappa shape index (κ3) is 11.0. The maximum atomic E-state index is 12.1. The summed E-state index contributed by atoms with van der Waals surface area (Å²) < 4.78 is 46.8. The molecule has 4 aliphatic heterocycles. The molecule has 6 atom stereocenters. The van der Waals surface area contributed by atoms with Crippen molar-refractivity contribution in [1.29, 1.82) is 0 Å². The van der Waals surface area contributed by atoms with Crippen molar-refractivity contribution in [3.05, 3.63) is 60.7 Å². The summed E-state index contributed by atoms with van der Waals surface area (Å²) in [5.41, 5.74) is 0. The Morgan fingerprint density at radius 2 is 1.42 bits per heavy atom. The molecule has 59 heavy (non-hydrogen) atoms. The van der Waals surface area contributed by atoms with Gasteiger partial charge in [0.25, 0.3) is 8.32 Å². The van der Waals surface area contributed by atoms with Crippen LogP contribution in [0.25, 0.3) is 0 Å². The number of aliphatic hydroxyl groups is 1. The first-order valence-corrected chi connectivity index (χ1v) is 29.1. The number of rotatable bonds is 17. The van der Waals surface area contributed by atoms with Gasteiger partial charge < -0.3 is 37.6 Å². The summed E-state index contributed by atoms with van der Waals surface area (Å²) in [6.07, 6.45) is 4.84. The van der Waals surface area contributed by atoms with Crippen LogP contribution in [-0.2, 0) is 32.5 Å². The van der Waals surface area contributed by atoms with Crippen LogP contribution in [-0.4, -0.2) is 106 Å². The van der Waals surface area contributed by atoms with Gasteiger partial charge in [0.15, 0.2) is 19.9 Å². The van der Waals surface area contributed by atoms with Crippen molar-refractivity contribution in [3.63, 3.8) is 0 Å². The lowest BCUT2D eigenvalue weighted by Crippen LogP contribution is -2.67. The van der Waals surface area contributed by atoms with Crippen molar-refractivity contribution in [2.24, 2.45) is 5.92 Å². The lowest BCUT2D eigenvalue weighted by molar-refractivity contribution is -0.207. The fourth-order valence-corrected chi connectivity index (χ4v) is 18.7. The van der Waals surface area contributed by atoms with Crippen LogP contribution in [0.15, 0.2) is 60.7 Å². The first-order chi connectivity index (χ1) is 27.7. The lowest BCUT2D eigenvalue weighted by atomic mass is 9.87. The van der Waals surface area contributed by atoms with Crippen molar-refractivity contribution in [1.82, 2.24) is 0 Å². The van der Waals surface area contributed by atoms with E-state index in [9.17, 15) is 5.11 Å². The molecule has 0 radical (unpaired) electrons. The molecular weight excluding hydrogens is 813 g/mol. The highest BCUT2D eigenvalue weighted by molar-refractivity contribution is 8.18. The van der Waals surface area contributed by atoms with Gasteiger partial charge in [0.2, 0.25) is 0 Å². The number of aliphatic hydroxyl groups excluding tert-OH is 1. The van der Waals surface area contributed by atoms with Crippen molar-refractivity contribution in [3.8, 4) is 0 Å². The summed E-state index contributed by atoms with van der Waals surface area (Å²) in [5.74, 6) is 0.783. The van der Waals surface area contributed by atoms with Gasteiger partial charge in [-0.05, 0) is 91.0 Å². The molecule has 0 saturated carbocycles. The topological polar surface area (TPSA) is 84.8 Å². The molecule has 2 aromatic carbocycles. The van der Waals surface area contributed by atoms with Gasteiger partial charge in [-0.1, -0.05) is 109 Å². The van der Waals surface area contributed by atoms with Gasteiger partial charge >= 0.3 is 0 Å². The minimum Gasteiger partial charge on any atom is -0.411 e. The summed E-state index contributed by atoms with van der Waals surface area (Å²) >= 11 is 3.85. The van der Waals surface area contributed by atoms with E-state index in [0.717, 1.165) is 43.6 Å². The predicted octanol–water partition coefficient (Wildman–Crippen LogP) is 9.52. The van der Waals surface area contributed by atoms with Crippen LogP contribution in [0.4, 0.5) is 0 Å². The maximum Gasteiger partial charge on any atom is 0.261 e. The van der Waals surface area contributed by atoms with Gasteiger partial charge in [-0.2, -0.15) is 0 Å². The van der Waals surface area contributed by atoms with Crippen LogP contribution in [0.5, 0.6) is 0 Å². The van der Waals surface area contributed by atoms with Crippen molar-refractivity contribution < 1.29 is 37.6 Å². The molecule has 0 bridgehead atoms. The molecular formula is C47H76O8S2Si2. The summed E-state index contributed by atoms with van der Waals surface area (Å²) in [6.45, 7) is 27.0. The average Bonchev–Trinajstić information content (AvgIpc) is 3.92. The van der Waals surface area contributed by atoms with Gasteiger partial charge in [0.05, 0.1) is 61.0 Å². The van der Waals surface area contributed by atoms with Crippen LogP contribution < -0.4 is 10.4 Å². The second-order valence-corrected chi connectivity index (χ2v) is 32.6. The Kier molecular flexibility index (Phi) is 15.5. The fraction of sp³-hybridized carbons (Fsp3) is 0.745. The highest BCUT2D eigenvalue weighted by Crippen LogP contribution is 2.51. The van der Waals surface area contributed by atoms with E-state index >= 15 is 0 Å². The molecule has 0 spiro atoms. The minimum atomic E-state index is -2.76. The SMILES string of the molecule is C[C@@H](C[C@@H]1O[C@@H](CO[Si](c2ccccc2)(c2ccccc2)C(C)(C)C)C[C@@H]1O[Si](C)(C)C(C)(C)C)C1(CCC(O)C2(CC[C@H]3COC(C)(C)O3)SCCCS2)OCCO1. The Bertz CT molecular complexity index is 1570. The Morgan fingerprint density at radius 3 is 1.95 bits per heavy atom. The van der Waals surface area contributed by atoms with Crippen molar-refractivity contribution in [2.45, 2.75) is 177 Å². The van der Waals surface area contributed by atoms with E-state index in [4.69, 9.17) is 32.5 Å². The molecule has 8 nitrogen and oxygen atoms in total. The van der Waals surface area contributed by atoms with E-state index in [-0.39, 0.29) is 44.5 Å². The average molecular weight is 889 g/mol. The Morgan fingerprint density at radius 1 is 0.831 bits per heavy atom. The molecule has 0 aliphatic carbocycles. The molecule has 0 amide bonds. The first-order valence-electron chi connectivity index (χ1n) is 22.3. The summed E-state index contributed by atoms with van der Waals surface area (Å²) in [6, 6.07) is 21.7. The molecule has 4 aliphatic rings. The zero-order valence-corrected chi connectivity index (χ0v) is 41.7. The van der Waals surface area contributed by atoms with Gasteiger partial charge in [-0.3, -0.25) is 0 Å². The van der Waals surface area contributed by atoms with Crippen LogP contribution in [0, 0.1) is 5.92 Å². The van der Waals surface area contributed by atoms with Gasteiger partial charge in [-0.15, -0.1) is 23.5 Å². The second kappa shape index (κ2) is 19.2. The van der Waals surface area contributed by atoms with E-state index in [2.05, 4.69) is 122 Å². The highest BCUT2D eigenvalue weighted by Gasteiger charge is 2.53. The molecule has 1 unspecified atom stereocenters. The Hall–Kier alpha value is -0.746. The van der Waals surface area contributed by atoms with Crippen LogP contribution in [0.2, 0.25) is 23.2 Å². The maximum absolute atomic E-state index is 12.1. The number of benzene rings is 2. The summed E-state index contributed by atoms with van der Waals surface area (Å²) in [7, 11) is -4.91. The molecule has 332 valence electrons. The fourth-order valence-electron chi connectivity index (χ4n) is 9.37. The van der Waals surface area contributed by atoms with E-state index in [0.29, 0.717) is 39.3 Å². The number of hydrogen-bond donors (Lipinski definition) is 1. The normalized spacial score (nSPS) is 27.2. The van der Waals surface area contributed by atoms with Crippen molar-refractivity contribution >= 4 is 50.5 Å². The van der Waals surface area contributed by atoms with Gasteiger partial charge in [0, 0.05) is 18.8 Å². The summed E-state index contributed by atoms with van der Waals surface area (Å²) in [5, 5.41) is 14.6. The molecule has 2 aromatic rings. The monoisotopic (exact) mass is 888 g/mol. The summed E-state index contributed by atoms with van der Waals surface area (Å²) in [4.78, 5) is 0. The molecule has 12 heteroatoms. The minimum absolute atomic E-state index is 0.0120. The van der Waals surface area contributed by atoms with Gasteiger partial charge in [0.1, 0.15) is 0 Å². The predicted molar refractivity (Wildman–Crippen MR) is 249 cm³/mol. The van der Waals surface area contributed by atoms with Crippen LogP contribution in [0.1, 0.15) is 107 Å². The Labute approximate surface area is 367 Å². The number of ether oxygens (including phenoxy) is 5. The van der Waals surface area contributed by atoms with Crippen molar-refractivity contribution in [2.75, 3.05) is 37.9 Å². The zero-order chi connectivity index (χ0) is 42.7. The third-order valence-corrected chi connectivity index (χ3v) is 26.8. The lowest BCUT2D eigenvalue weighted by Gasteiger charge is -2.43. The zero-order valence-electron chi connectivity index (χ0n) is 38.1. The second-order valence-electron chi connectivity index (χ2n) is 20.5. The first kappa shape index (κ1) is 47.7. The third-order valence-electron chi connectivity index (χ3n) is 13.7. The Balaban J connectivity index is 1.19. The van der Waals surface area contributed by atoms with E-state index in [1.165, 1.54) is 10.4 Å². The molecule has 4 saturated heterocycles. The van der Waals surface area contributed by atoms with E-state index in [1.807, 2.05) is 37.4 Å². The molecule has 0 aromatic heterocycles. The largest absolute Gasteiger partial charge is 0.411 e. The highest BCUT2D eigenvalue weighted by atomic mass is 32.2. The smallest absolute Gasteiger partial charge is 0.261 e. The molecule has 6 rings (SSSR count). The molecule has 4 heterocycles. The van der Waals surface area contributed by atoms with Gasteiger partial charge in [-0.25, -0.2) is 0 Å². The standard InChI is InChI=1S/C47H76O8S2Si2/c1-35(46(49-27-28-50-46)25-24-42(48)47(56-29-18-30-57-47)26-23-36-33-51-45(8,9)54-36)31-40-41(55-58(10,11)43(2,3)4)32-37(53-40)34-52-59(44(5,6)7,38-19-14-12-15-20-38)39-21-16-13-17-22-39/h12-17,19-22,35-37,40-42,48H,18,23-34H2,1-11H3/t35-,36-,37+,40-,41-,42?/m0/s1. The van der Waals surface area contributed by atoms with Crippen LogP contribution in [0.3, 0.4) is 0 Å². The van der Waals surface area contributed by atoms with E-state index in [1.54, 1.807) is 0 Å².